The van der Waals surface area contributed by atoms with Crippen LogP contribution in [-0.2, 0) is 0 Å². The van der Waals surface area contributed by atoms with Crippen molar-refractivity contribution in [2.45, 2.75) is 6.92 Å². The molecule has 4 nitrogen and oxygen atoms in total. The van der Waals surface area contributed by atoms with Gasteiger partial charge >= 0.3 is 0 Å². The third-order valence-electron chi connectivity index (χ3n) is 3.80. The van der Waals surface area contributed by atoms with Gasteiger partial charge in [-0.05, 0) is 36.8 Å². The molecule has 0 saturated heterocycles. The van der Waals surface area contributed by atoms with Crippen LogP contribution in [0.5, 0.6) is 5.75 Å². The van der Waals surface area contributed by atoms with E-state index < -0.39 is 0 Å². The second kappa shape index (κ2) is 7.13. The van der Waals surface area contributed by atoms with E-state index >= 15 is 0 Å². The molecule has 25 heavy (non-hydrogen) atoms. The molecule has 0 radical (unpaired) electrons. The second-order valence-corrected chi connectivity index (χ2v) is 5.50. The lowest BCUT2D eigenvalue weighted by molar-refractivity contribution is 0.416. The van der Waals surface area contributed by atoms with E-state index in [-0.39, 0.29) is 11.4 Å². The van der Waals surface area contributed by atoms with Crippen LogP contribution in [0.4, 0.5) is 4.39 Å². The van der Waals surface area contributed by atoms with Crippen molar-refractivity contribution in [1.29, 1.82) is 0 Å². The average molecular weight is 336 g/mol. The molecule has 0 aliphatic heterocycles. The Bertz CT molecular complexity index is 993. The Labute approximate surface area is 144 Å². The first kappa shape index (κ1) is 16.6. The van der Waals surface area contributed by atoms with Crippen molar-refractivity contribution >= 4 is 12.3 Å². The summed E-state index contributed by atoms with van der Waals surface area (Å²) >= 11 is 0. The number of hydrogen-bond donors (Lipinski definition) is 0. The maximum Gasteiger partial charge on any atom is 0.271 e. The summed E-state index contributed by atoms with van der Waals surface area (Å²) in [5.41, 5.74) is 2.60. The molecule has 2 aromatic carbocycles. The maximum atomic E-state index is 13.2. The molecule has 0 spiro atoms. The van der Waals surface area contributed by atoms with Crippen LogP contribution in [0.25, 0.3) is 23.4 Å². The number of aryl methyl sites for hydroxylation is 1. The lowest BCUT2D eigenvalue weighted by Gasteiger charge is -2.11. The van der Waals surface area contributed by atoms with E-state index in [9.17, 15) is 9.18 Å². The number of methoxy groups -OCH3 is 1. The quantitative estimate of drug-likeness (QED) is 0.723. The van der Waals surface area contributed by atoms with Gasteiger partial charge in [0.15, 0.2) is 0 Å². The molecule has 0 aliphatic carbocycles. The summed E-state index contributed by atoms with van der Waals surface area (Å²) in [5, 5.41) is 4.33. The van der Waals surface area contributed by atoms with Crippen LogP contribution in [0, 0.1) is 12.7 Å². The molecule has 0 bridgehead atoms. The zero-order valence-corrected chi connectivity index (χ0v) is 13.9. The SMILES string of the molecule is COc1ccccc1-c1cc(=O)n(/C=C/c2cccc(F)c2)nc1C. The van der Waals surface area contributed by atoms with Gasteiger partial charge in [0.2, 0.25) is 0 Å². The first-order chi connectivity index (χ1) is 12.1. The summed E-state index contributed by atoms with van der Waals surface area (Å²) in [4.78, 5) is 12.4. The minimum absolute atomic E-state index is 0.279. The highest BCUT2D eigenvalue weighted by Gasteiger charge is 2.10. The largest absolute Gasteiger partial charge is 0.496 e. The Morgan fingerprint density at radius 2 is 1.88 bits per heavy atom. The van der Waals surface area contributed by atoms with Crippen molar-refractivity contribution < 1.29 is 9.13 Å². The van der Waals surface area contributed by atoms with Gasteiger partial charge in [0, 0.05) is 23.4 Å². The Kier molecular flexibility index (Phi) is 4.75. The van der Waals surface area contributed by atoms with Crippen LogP contribution < -0.4 is 10.3 Å². The topological polar surface area (TPSA) is 44.1 Å². The van der Waals surface area contributed by atoms with Crippen LogP contribution >= 0.6 is 0 Å². The van der Waals surface area contributed by atoms with Crippen LogP contribution in [0.3, 0.4) is 0 Å². The minimum Gasteiger partial charge on any atom is -0.496 e. The van der Waals surface area contributed by atoms with Gasteiger partial charge in [-0.3, -0.25) is 4.79 Å². The number of nitrogens with zero attached hydrogens (tertiary/aromatic N) is 2. The van der Waals surface area contributed by atoms with Crippen LogP contribution in [0.15, 0.2) is 59.4 Å². The fourth-order valence-electron chi connectivity index (χ4n) is 2.57. The van der Waals surface area contributed by atoms with Crippen molar-refractivity contribution in [1.82, 2.24) is 9.78 Å². The van der Waals surface area contributed by atoms with E-state index in [4.69, 9.17) is 4.74 Å². The van der Waals surface area contributed by atoms with Gasteiger partial charge in [-0.1, -0.05) is 30.3 Å². The number of halogens is 1. The molecule has 0 aliphatic rings. The number of benzene rings is 2. The van der Waals surface area contributed by atoms with Crippen molar-refractivity contribution in [3.05, 3.63) is 82.0 Å². The van der Waals surface area contributed by atoms with Crippen molar-refractivity contribution in [2.24, 2.45) is 0 Å². The lowest BCUT2D eigenvalue weighted by atomic mass is 10.0. The van der Waals surface area contributed by atoms with Crippen molar-refractivity contribution in [2.75, 3.05) is 7.11 Å². The highest BCUT2D eigenvalue weighted by molar-refractivity contribution is 5.72. The van der Waals surface area contributed by atoms with Crippen molar-refractivity contribution in [3.63, 3.8) is 0 Å². The first-order valence-electron chi connectivity index (χ1n) is 7.76. The van der Waals surface area contributed by atoms with E-state index in [1.165, 1.54) is 29.1 Å². The molecule has 0 saturated carbocycles. The third kappa shape index (κ3) is 3.66. The van der Waals surface area contributed by atoms with Crippen LogP contribution in [0.1, 0.15) is 11.3 Å². The van der Waals surface area contributed by atoms with E-state index in [2.05, 4.69) is 5.10 Å². The summed E-state index contributed by atoms with van der Waals surface area (Å²) in [7, 11) is 1.59. The molecule has 0 unspecified atom stereocenters. The van der Waals surface area contributed by atoms with Crippen LogP contribution in [-0.4, -0.2) is 16.9 Å². The third-order valence-corrected chi connectivity index (χ3v) is 3.80. The summed E-state index contributed by atoms with van der Waals surface area (Å²) in [6.07, 6.45) is 3.16. The van der Waals surface area contributed by atoms with E-state index in [1.54, 1.807) is 25.3 Å². The van der Waals surface area contributed by atoms with E-state index in [1.807, 2.05) is 31.2 Å². The normalized spacial score (nSPS) is 11.0. The summed E-state index contributed by atoms with van der Waals surface area (Å²) in [6, 6.07) is 15.1. The monoisotopic (exact) mass is 336 g/mol. The van der Waals surface area contributed by atoms with Crippen LogP contribution in [0.2, 0.25) is 0 Å². The molecule has 5 heteroatoms. The molecule has 0 atom stereocenters. The Morgan fingerprint density at radius 3 is 2.64 bits per heavy atom. The van der Waals surface area contributed by atoms with Crippen molar-refractivity contribution in [3.8, 4) is 16.9 Å². The minimum atomic E-state index is -0.329. The fourth-order valence-corrected chi connectivity index (χ4v) is 2.57. The number of ether oxygens (including phenoxy) is 1. The lowest BCUT2D eigenvalue weighted by Crippen LogP contribution is -2.19. The number of aromatic nitrogens is 2. The maximum absolute atomic E-state index is 13.2. The Balaban J connectivity index is 2.00. The predicted molar refractivity (Wildman–Crippen MR) is 96.8 cm³/mol. The van der Waals surface area contributed by atoms with Gasteiger partial charge in [-0.25, -0.2) is 9.07 Å². The summed E-state index contributed by atoms with van der Waals surface area (Å²) < 4.78 is 19.8. The van der Waals surface area contributed by atoms with Gasteiger partial charge in [-0.15, -0.1) is 0 Å². The zero-order valence-electron chi connectivity index (χ0n) is 13.9. The van der Waals surface area contributed by atoms with Gasteiger partial charge < -0.3 is 4.74 Å². The molecule has 0 N–H and O–H groups in total. The molecular formula is C20H17FN2O2. The molecule has 3 aromatic rings. The second-order valence-electron chi connectivity index (χ2n) is 5.50. The fraction of sp³-hybridized carbons (Fsp3) is 0.100. The van der Waals surface area contributed by atoms with E-state index in [0.717, 1.165) is 11.1 Å². The average Bonchev–Trinajstić information content (AvgIpc) is 2.62. The predicted octanol–water partition coefficient (Wildman–Crippen LogP) is 3.99. The Hall–Kier alpha value is -3.21. The highest BCUT2D eigenvalue weighted by atomic mass is 19.1. The van der Waals surface area contributed by atoms with Gasteiger partial charge in [0.05, 0.1) is 12.8 Å². The molecule has 0 fully saturated rings. The molecule has 0 amide bonds. The van der Waals surface area contributed by atoms with Gasteiger partial charge in [0.1, 0.15) is 11.6 Å². The number of para-hydroxylation sites is 1. The molecular weight excluding hydrogens is 319 g/mol. The molecule has 126 valence electrons. The Morgan fingerprint density at radius 1 is 1.08 bits per heavy atom. The smallest absolute Gasteiger partial charge is 0.271 e. The molecule has 3 rings (SSSR count). The summed E-state index contributed by atoms with van der Waals surface area (Å²) in [5.74, 6) is 0.352. The zero-order chi connectivity index (χ0) is 17.8. The standard InChI is InChI=1S/C20H17FN2O2/c1-14-18(17-8-3-4-9-19(17)25-2)13-20(24)23(22-14)11-10-15-6-5-7-16(21)12-15/h3-13H,1-2H3/b11-10+. The van der Waals surface area contributed by atoms with Gasteiger partial charge in [-0.2, -0.15) is 5.10 Å². The number of hydrogen-bond acceptors (Lipinski definition) is 3. The van der Waals surface area contributed by atoms with Gasteiger partial charge in [0.25, 0.3) is 5.56 Å². The first-order valence-corrected chi connectivity index (χ1v) is 7.76. The summed E-state index contributed by atoms with van der Waals surface area (Å²) in [6.45, 7) is 1.83. The number of rotatable bonds is 4. The molecule has 1 heterocycles. The van der Waals surface area contributed by atoms with E-state index in [0.29, 0.717) is 17.0 Å². The highest BCUT2D eigenvalue weighted by Crippen LogP contribution is 2.30. The molecule has 1 aromatic heterocycles.